The van der Waals surface area contributed by atoms with Crippen LogP contribution in [-0.4, -0.2) is 13.8 Å². The Morgan fingerprint density at radius 1 is 0.377 bits per heavy atom. The second kappa shape index (κ2) is 9.78. The van der Waals surface area contributed by atoms with Gasteiger partial charge in [-0.25, -0.2) is 4.98 Å². The molecular formula is C49H28N4. The van der Waals surface area contributed by atoms with Gasteiger partial charge < -0.3 is 9.30 Å². The Morgan fingerprint density at radius 2 is 0.981 bits per heavy atom. The predicted molar refractivity (Wildman–Crippen MR) is 223 cm³/mol. The maximum atomic E-state index is 5.70. The van der Waals surface area contributed by atoms with Crippen LogP contribution in [0.25, 0.3) is 98.0 Å². The average Bonchev–Trinajstić information content (AvgIpc) is 3.93. The largest absolute Gasteiger partial charge is 0.308 e. The third-order valence-corrected chi connectivity index (χ3v) is 11.7. The molecule has 244 valence electrons. The van der Waals surface area contributed by atoms with Crippen LogP contribution in [0.4, 0.5) is 17.1 Å². The molecule has 0 aliphatic carbocycles. The maximum Gasteiger partial charge on any atom is 0.146 e. The molecular weight excluding hydrogens is 645 g/mol. The molecule has 0 unspecified atom stereocenters. The van der Waals surface area contributed by atoms with Gasteiger partial charge in [-0.2, -0.15) is 0 Å². The molecule has 0 aliphatic rings. The van der Waals surface area contributed by atoms with Gasteiger partial charge in [0.25, 0.3) is 0 Å². The second-order valence-corrected chi connectivity index (χ2v) is 14.4. The predicted octanol–water partition coefficient (Wildman–Crippen LogP) is 13.2. The van der Waals surface area contributed by atoms with E-state index in [1.165, 1.54) is 81.3 Å². The first-order valence-electron chi connectivity index (χ1n) is 18.2. The summed E-state index contributed by atoms with van der Waals surface area (Å²) in [7, 11) is 0. The van der Waals surface area contributed by atoms with Gasteiger partial charge in [-0.1, -0.05) is 115 Å². The Labute approximate surface area is 302 Å². The zero-order valence-corrected chi connectivity index (χ0v) is 28.5. The molecule has 0 spiro atoms. The fourth-order valence-electron chi connectivity index (χ4n) is 9.52. The minimum absolute atomic E-state index is 1.01. The second-order valence-electron chi connectivity index (χ2n) is 14.4. The lowest BCUT2D eigenvalue weighted by atomic mass is 9.99. The third kappa shape index (κ3) is 3.43. The van der Waals surface area contributed by atoms with Crippen LogP contribution in [0.5, 0.6) is 0 Å². The van der Waals surface area contributed by atoms with Crippen molar-refractivity contribution in [2.24, 2.45) is 0 Å². The number of rotatable bonds is 3. The van der Waals surface area contributed by atoms with Crippen LogP contribution in [0.15, 0.2) is 170 Å². The molecule has 0 N–H and O–H groups in total. The quantitative estimate of drug-likeness (QED) is 0.187. The van der Waals surface area contributed by atoms with Crippen molar-refractivity contribution < 1.29 is 0 Å². The topological polar surface area (TPSA) is 25.0 Å². The summed E-state index contributed by atoms with van der Waals surface area (Å²) >= 11 is 0. The van der Waals surface area contributed by atoms with Crippen LogP contribution in [0.1, 0.15) is 0 Å². The summed E-state index contributed by atoms with van der Waals surface area (Å²) in [5, 5.41) is 13.7. The Hall–Kier alpha value is -7.17. The highest BCUT2D eigenvalue weighted by Gasteiger charge is 2.26. The van der Waals surface area contributed by atoms with Crippen molar-refractivity contribution in [3.63, 3.8) is 0 Å². The number of hydrogen-bond donors (Lipinski definition) is 0. The summed E-state index contributed by atoms with van der Waals surface area (Å²) in [6.07, 6.45) is 0. The molecule has 53 heavy (non-hydrogen) atoms. The Kier molecular flexibility index (Phi) is 5.08. The highest BCUT2D eigenvalue weighted by atomic mass is 15.2. The van der Waals surface area contributed by atoms with E-state index in [2.05, 4.69) is 184 Å². The van der Waals surface area contributed by atoms with Crippen molar-refractivity contribution in [2.45, 2.75) is 0 Å². The Balaban J connectivity index is 1.23. The summed E-state index contributed by atoms with van der Waals surface area (Å²) in [6, 6.07) is 61.9. The van der Waals surface area contributed by atoms with Crippen LogP contribution >= 0.6 is 0 Å². The van der Waals surface area contributed by atoms with E-state index < -0.39 is 0 Å². The van der Waals surface area contributed by atoms with Gasteiger partial charge in [0.2, 0.25) is 0 Å². The lowest BCUT2D eigenvalue weighted by molar-refractivity contribution is 1.27. The molecule has 5 aromatic heterocycles. The molecule has 4 nitrogen and oxygen atoms in total. The maximum absolute atomic E-state index is 5.70. The van der Waals surface area contributed by atoms with E-state index in [0.717, 1.165) is 33.7 Å². The molecule has 0 saturated carbocycles. The highest BCUT2D eigenvalue weighted by Crippen LogP contribution is 2.48. The summed E-state index contributed by atoms with van der Waals surface area (Å²) in [5.74, 6) is 0. The lowest BCUT2D eigenvalue weighted by Crippen LogP contribution is -2.10. The summed E-state index contributed by atoms with van der Waals surface area (Å²) in [6.45, 7) is 0. The van der Waals surface area contributed by atoms with Gasteiger partial charge in [0.05, 0.1) is 38.8 Å². The molecule has 0 atom stereocenters. The number of fused-ring (bicyclic) bond motifs is 15. The number of nitrogens with zero attached hydrogens (tertiary/aromatic N) is 4. The van der Waals surface area contributed by atoms with Crippen LogP contribution in [0.2, 0.25) is 0 Å². The van der Waals surface area contributed by atoms with Crippen LogP contribution in [0.3, 0.4) is 0 Å². The number of pyridine rings is 1. The molecule has 0 bridgehead atoms. The van der Waals surface area contributed by atoms with Gasteiger partial charge in [-0.3, -0.25) is 4.40 Å². The number of para-hydroxylation sites is 4. The summed E-state index contributed by atoms with van der Waals surface area (Å²) < 4.78 is 4.94. The van der Waals surface area contributed by atoms with E-state index in [1.54, 1.807) is 0 Å². The Morgan fingerprint density at radius 3 is 1.75 bits per heavy atom. The van der Waals surface area contributed by atoms with E-state index in [0.29, 0.717) is 0 Å². The van der Waals surface area contributed by atoms with E-state index in [1.807, 2.05) is 0 Å². The van der Waals surface area contributed by atoms with Gasteiger partial charge in [-0.05, 0) is 76.1 Å². The van der Waals surface area contributed by atoms with Crippen molar-refractivity contribution in [1.29, 1.82) is 0 Å². The van der Waals surface area contributed by atoms with Crippen molar-refractivity contribution in [2.75, 3.05) is 4.90 Å². The van der Waals surface area contributed by atoms with Crippen molar-refractivity contribution in [3.8, 4) is 0 Å². The molecule has 0 saturated heterocycles. The van der Waals surface area contributed by atoms with Crippen LogP contribution in [-0.2, 0) is 0 Å². The van der Waals surface area contributed by atoms with Crippen molar-refractivity contribution in [1.82, 2.24) is 13.8 Å². The summed E-state index contributed by atoms with van der Waals surface area (Å²) in [5.41, 5.74) is 11.4. The number of benzene rings is 8. The first kappa shape index (κ1) is 27.5. The average molecular weight is 673 g/mol. The van der Waals surface area contributed by atoms with Crippen LogP contribution < -0.4 is 4.90 Å². The fraction of sp³-hybridized carbons (Fsp3) is 0. The fourth-order valence-corrected chi connectivity index (χ4v) is 9.52. The molecule has 0 aliphatic heterocycles. The zero-order chi connectivity index (χ0) is 34.4. The van der Waals surface area contributed by atoms with E-state index in [-0.39, 0.29) is 0 Å². The minimum Gasteiger partial charge on any atom is -0.308 e. The SMILES string of the molecule is c1ccc(N(c2ccccc2)c2cccc3c4cccc5c6nc7c(cc6n(c23)c45)c2cc3ccccc3c3c4cc5ccccc5cc4n7c23)cc1. The number of aromatic nitrogens is 3. The van der Waals surface area contributed by atoms with Gasteiger partial charge in [-0.15, -0.1) is 0 Å². The molecule has 8 aromatic carbocycles. The highest BCUT2D eigenvalue weighted by molar-refractivity contribution is 6.33. The molecule has 13 rings (SSSR count). The molecule has 4 heteroatoms. The minimum atomic E-state index is 1.01. The van der Waals surface area contributed by atoms with Gasteiger partial charge in [0.1, 0.15) is 5.65 Å². The van der Waals surface area contributed by atoms with E-state index >= 15 is 0 Å². The summed E-state index contributed by atoms with van der Waals surface area (Å²) in [4.78, 5) is 8.09. The lowest BCUT2D eigenvalue weighted by Gasteiger charge is -2.26. The van der Waals surface area contributed by atoms with Crippen LogP contribution in [0, 0.1) is 0 Å². The normalized spacial score (nSPS) is 12.5. The smallest absolute Gasteiger partial charge is 0.146 e. The Bertz CT molecular complexity index is 3580. The third-order valence-electron chi connectivity index (χ3n) is 11.7. The molecule has 0 fully saturated rings. The molecule has 13 aromatic rings. The molecule has 5 heterocycles. The first-order chi connectivity index (χ1) is 26.3. The molecule has 0 amide bonds. The van der Waals surface area contributed by atoms with E-state index in [9.17, 15) is 0 Å². The van der Waals surface area contributed by atoms with Gasteiger partial charge >= 0.3 is 0 Å². The van der Waals surface area contributed by atoms with Gasteiger partial charge in [0, 0.05) is 49.1 Å². The number of anilines is 3. The van der Waals surface area contributed by atoms with Gasteiger partial charge in [0.15, 0.2) is 0 Å². The number of hydrogen-bond acceptors (Lipinski definition) is 2. The zero-order valence-electron chi connectivity index (χ0n) is 28.5. The standard InChI is InChI=1S/C49H28N4/c1-3-16-32(17-4-1)51(33-18-5-2-6-19-33)41-24-12-22-36-35-21-11-23-37-45-43(52(46(35)37)47(36)41)28-39-38-26-31-15-9-10-20-34(31)44-40-25-29-13-7-8-14-30(29)27-42(40)53(48(38)44)49(39)50-45/h1-28H. The van der Waals surface area contributed by atoms with E-state index in [4.69, 9.17) is 4.98 Å². The monoisotopic (exact) mass is 672 g/mol. The van der Waals surface area contributed by atoms with Crippen molar-refractivity contribution >= 4 is 115 Å². The van der Waals surface area contributed by atoms with Crippen molar-refractivity contribution in [3.05, 3.63) is 170 Å². The first-order valence-corrected chi connectivity index (χ1v) is 18.2. The molecule has 0 radical (unpaired) electrons.